The Bertz CT molecular complexity index is 2010. The summed E-state index contributed by atoms with van der Waals surface area (Å²) in [5.74, 6) is 9.35. The Kier molecular flexibility index (Phi) is 5.40. The molecule has 0 bridgehead atoms. The van der Waals surface area contributed by atoms with Gasteiger partial charge < -0.3 is 20.0 Å². The number of fused-ring (bicyclic) bond motifs is 5. The van der Waals surface area contributed by atoms with E-state index in [2.05, 4.69) is 86.7 Å². The third-order valence-corrected chi connectivity index (χ3v) is 9.48. The fraction of sp³-hybridized carbons (Fsp3) is 0.361. The van der Waals surface area contributed by atoms with Crippen molar-refractivity contribution in [3.05, 3.63) is 72.4 Å². The minimum atomic E-state index is -0.570. The van der Waals surface area contributed by atoms with Gasteiger partial charge in [-0.05, 0) is 80.2 Å². The molecule has 9 rings (SSSR count). The quantitative estimate of drug-likeness (QED) is 0.201. The van der Waals surface area contributed by atoms with Crippen LogP contribution < -0.4 is 5.32 Å². The first-order chi connectivity index (χ1) is 21.3. The predicted octanol–water partition coefficient (Wildman–Crippen LogP) is 6.88. The summed E-state index contributed by atoms with van der Waals surface area (Å²) in [5, 5.41) is 6.06. The lowest BCUT2D eigenvalue weighted by Crippen LogP contribution is -2.42. The van der Waals surface area contributed by atoms with Gasteiger partial charge in [0.15, 0.2) is 6.04 Å². The second-order valence-electron chi connectivity index (χ2n) is 13.8. The van der Waals surface area contributed by atoms with E-state index in [0.29, 0.717) is 17.9 Å². The topological polar surface area (TPSA) is 98.9 Å². The summed E-state index contributed by atoms with van der Waals surface area (Å²) in [5.41, 5.74) is 5.78. The van der Waals surface area contributed by atoms with Gasteiger partial charge in [-0.3, -0.25) is 4.90 Å². The minimum Gasteiger partial charge on any atom is -0.444 e. The molecule has 2 unspecified atom stereocenters. The van der Waals surface area contributed by atoms with Gasteiger partial charge in [0, 0.05) is 17.3 Å². The van der Waals surface area contributed by atoms with Crippen molar-refractivity contribution < 1.29 is 9.53 Å². The summed E-state index contributed by atoms with van der Waals surface area (Å²) >= 11 is 0. The van der Waals surface area contributed by atoms with Crippen LogP contribution in [0.15, 0.2) is 60.8 Å². The van der Waals surface area contributed by atoms with Crippen LogP contribution in [-0.4, -0.2) is 48.6 Å². The molecule has 2 aromatic heterocycles. The van der Waals surface area contributed by atoms with Crippen molar-refractivity contribution in [2.75, 3.05) is 0 Å². The molecule has 0 radical (unpaired) electrons. The van der Waals surface area contributed by atoms with Gasteiger partial charge in [0.1, 0.15) is 17.2 Å². The number of H-pyrrole nitrogens is 2. The van der Waals surface area contributed by atoms with Crippen LogP contribution in [0.3, 0.4) is 0 Å². The molecule has 220 valence electrons. The highest BCUT2D eigenvalue weighted by Gasteiger charge is 2.50. The predicted molar refractivity (Wildman–Crippen MR) is 169 cm³/mol. The molecule has 3 fully saturated rings. The van der Waals surface area contributed by atoms with Crippen LogP contribution in [0, 0.1) is 23.7 Å². The second-order valence-corrected chi connectivity index (χ2v) is 13.8. The second kappa shape index (κ2) is 9.20. The molecule has 44 heavy (non-hydrogen) atoms. The molecular weight excluding hydrogens is 548 g/mol. The average molecular weight is 583 g/mol. The molecule has 1 saturated heterocycles. The Morgan fingerprint density at radius 1 is 0.932 bits per heavy atom. The fourth-order valence-corrected chi connectivity index (χ4v) is 7.01. The molecule has 8 nitrogen and oxygen atoms in total. The summed E-state index contributed by atoms with van der Waals surface area (Å²) < 4.78 is 5.72. The lowest BCUT2D eigenvalue weighted by Gasteiger charge is -2.31. The number of rotatable bonds is 4. The van der Waals surface area contributed by atoms with E-state index < -0.39 is 11.6 Å². The van der Waals surface area contributed by atoms with Gasteiger partial charge in [0.2, 0.25) is 0 Å². The zero-order valence-electron chi connectivity index (χ0n) is 25.0. The molecule has 4 aliphatic rings. The van der Waals surface area contributed by atoms with E-state index in [0.717, 1.165) is 51.6 Å². The van der Waals surface area contributed by atoms with Crippen LogP contribution in [0.5, 0.6) is 0 Å². The summed E-state index contributed by atoms with van der Waals surface area (Å²) in [6, 6.07) is 20.1. The summed E-state index contributed by atoms with van der Waals surface area (Å²) in [7, 11) is 0. The van der Waals surface area contributed by atoms with Crippen molar-refractivity contribution in [3.63, 3.8) is 0 Å². The van der Waals surface area contributed by atoms with E-state index in [1.165, 1.54) is 23.6 Å². The van der Waals surface area contributed by atoms with Crippen molar-refractivity contribution in [1.82, 2.24) is 30.2 Å². The van der Waals surface area contributed by atoms with E-state index in [4.69, 9.17) is 9.72 Å². The fourth-order valence-electron chi connectivity index (χ4n) is 7.01. The lowest BCUT2D eigenvalue weighted by molar-refractivity contribution is 0.0167. The maximum absolute atomic E-state index is 13.1. The summed E-state index contributed by atoms with van der Waals surface area (Å²) in [6.07, 6.45) is 4.87. The lowest BCUT2D eigenvalue weighted by atomic mass is 9.99. The number of aromatic nitrogens is 4. The molecule has 6 atom stereocenters. The first-order valence-electron chi connectivity index (χ1n) is 15.6. The third-order valence-electron chi connectivity index (χ3n) is 9.48. The number of hydrogen-bond donors (Lipinski definition) is 3. The standard InChI is InChI=1S/C36H34N6O2/c1-36(2,3)44-35(43)42-30(13-10-23-17-31(23)42)34-37-18-29(40-34)20-6-4-19(5-7-20)21-8-11-25-22(14-21)9-12-26-32(25)41-33(39-26)28-16-24-15-27(24)38-28/h4-9,11-12,14,18,23-24,27-28,30-31,38H,15-17H2,1-3H3,(H,37,40)(H,39,41)/t23?,24-,27-,28+,30+,31?/m1/s1. The zero-order chi connectivity index (χ0) is 29.7. The number of benzene rings is 3. The largest absolute Gasteiger partial charge is 0.444 e. The van der Waals surface area contributed by atoms with Gasteiger partial charge in [-0.1, -0.05) is 54.3 Å². The van der Waals surface area contributed by atoms with Gasteiger partial charge in [0.05, 0.1) is 35.0 Å². The molecule has 2 aliphatic heterocycles. The number of piperidine rings is 1. The monoisotopic (exact) mass is 582 g/mol. The van der Waals surface area contributed by atoms with Crippen LogP contribution >= 0.6 is 0 Å². The number of nitrogens with one attached hydrogen (secondary N) is 3. The van der Waals surface area contributed by atoms with E-state index in [-0.39, 0.29) is 18.1 Å². The Balaban J connectivity index is 0.958. The Hall–Kier alpha value is -4.61. The van der Waals surface area contributed by atoms with Gasteiger partial charge in [-0.15, -0.1) is 0 Å². The first-order valence-corrected chi connectivity index (χ1v) is 15.6. The number of aromatic amines is 2. The highest BCUT2D eigenvalue weighted by atomic mass is 16.6. The number of carbonyl (C=O) groups is 1. The van der Waals surface area contributed by atoms with Gasteiger partial charge in [0.25, 0.3) is 0 Å². The van der Waals surface area contributed by atoms with Crippen molar-refractivity contribution in [1.29, 1.82) is 0 Å². The Morgan fingerprint density at radius 2 is 1.75 bits per heavy atom. The van der Waals surface area contributed by atoms with Crippen molar-refractivity contribution in [2.24, 2.45) is 11.8 Å². The SMILES string of the molecule is CC(C)(C)OC(=O)N1C2CC2C#C[C@H]1c1ncc(-c2ccc(-c3ccc4c(ccc5[nH]c([C@@H]6C[C@H]7C[C@H]7N6)nc54)c3)cc2)[nH]1. The number of carbonyl (C=O) groups excluding carboxylic acids is 1. The van der Waals surface area contributed by atoms with Crippen LogP contribution in [0.1, 0.15) is 63.8 Å². The molecule has 8 heteroatoms. The van der Waals surface area contributed by atoms with Crippen molar-refractivity contribution in [2.45, 2.75) is 69.8 Å². The van der Waals surface area contributed by atoms with E-state index in [1.807, 2.05) is 27.0 Å². The van der Waals surface area contributed by atoms with Gasteiger partial charge in [-0.2, -0.15) is 0 Å². The zero-order valence-corrected chi connectivity index (χ0v) is 25.0. The van der Waals surface area contributed by atoms with E-state index >= 15 is 0 Å². The highest BCUT2D eigenvalue weighted by molar-refractivity contribution is 6.05. The molecule has 3 N–H and O–H groups in total. The number of amides is 1. The molecule has 5 aromatic rings. The molecule has 1 amide bonds. The van der Waals surface area contributed by atoms with Gasteiger partial charge >= 0.3 is 6.09 Å². The van der Waals surface area contributed by atoms with Crippen LogP contribution in [0.25, 0.3) is 44.2 Å². The first kappa shape index (κ1) is 25.8. The molecular formula is C36H34N6O2. The maximum atomic E-state index is 13.1. The van der Waals surface area contributed by atoms with Crippen LogP contribution in [0.2, 0.25) is 0 Å². The minimum absolute atomic E-state index is 0.0897. The maximum Gasteiger partial charge on any atom is 0.411 e. The molecule has 0 spiro atoms. The van der Waals surface area contributed by atoms with Gasteiger partial charge in [-0.25, -0.2) is 14.8 Å². The summed E-state index contributed by atoms with van der Waals surface area (Å²) in [4.78, 5) is 31.5. The Labute approximate surface area is 255 Å². The number of imidazole rings is 2. The van der Waals surface area contributed by atoms with Crippen molar-refractivity contribution >= 4 is 27.9 Å². The highest BCUT2D eigenvalue weighted by Crippen LogP contribution is 2.46. The molecule has 3 aromatic carbocycles. The molecule has 4 heterocycles. The third kappa shape index (κ3) is 4.37. The smallest absolute Gasteiger partial charge is 0.411 e. The Morgan fingerprint density at radius 3 is 2.55 bits per heavy atom. The number of nitrogens with zero attached hydrogens (tertiary/aromatic N) is 3. The van der Waals surface area contributed by atoms with Crippen molar-refractivity contribution in [3.8, 4) is 34.2 Å². The average Bonchev–Trinajstić information content (AvgIpc) is 3.73. The normalized spacial score (nSPS) is 26.7. The summed E-state index contributed by atoms with van der Waals surface area (Å²) in [6.45, 7) is 5.66. The van der Waals surface area contributed by atoms with E-state index in [1.54, 1.807) is 4.90 Å². The molecule has 2 saturated carbocycles. The molecule has 2 aliphatic carbocycles. The number of ether oxygens (including phenoxy) is 1. The van der Waals surface area contributed by atoms with Crippen LogP contribution in [0.4, 0.5) is 4.79 Å². The number of hydrogen-bond acceptors (Lipinski definition) is 5. The van der Waals surface area contributed by atoms with E-state index in [9.17, 15) is 4.79 Å². The van der Waals surface area contributed by atoms with Crippen LogP contribution in [-0.2, 0) is 4.74 Å².